The first-order valence-corrected chi connectivity index (χ1v) is 11.5. The molecule has 0 spiro atoms. The lowest BCUT2D eigenvalue weighted by Crippen LogP contribution is -2.13. The van der Waals surface area contributed by atoms with Gasteiger partial charge < -0.3 is 11.1 Å². The lowest BCUT2D eigenvalue weighted by molar-refractivity contribution is 0.343. The highest BCUT2D eigenvalue weighted by molar-refractivity contribution is 9.10. The Morgan fingerprint density at radius 3 is 2.15 bits per heavy atom. The first-order chi connectivity index (χ1) is 12.7. The number of rotatable bonds is 6. The molecule has 4 nitrogen and oxygen atoms in total. The van der Waals surface area contributed by atoms with E-state index in [1.807, 2.05) is 0 Å². The molecule has 3 rings (SSSR count). The summed E-state index contributed by atoms with van der Waals surface area (Å²) in [5.74, 6) is 2.65. The van der Waals surface area contributed by atoms with Gasteiger partial charge in [-0.05, 0) is 58.8 Å². The van der Waals surface area contributed by atoms with E-state index in [-0.39, 0.29) is 5.28 Å². The molecule has 148 valence electrons. The van der Waals surface area contributed by atoms with Crippen LogP contribution in [0.15, 0.2) is 10.7 Å². The molecule has 3 N–H and O–H groups in total. The summed E-state index contributed by atoms with van der Waals surface area (Å²) in [6.45, 7) is 1.85. The van der Waals surface area contributed by atoms with Gasteiger partial charge in [0.2, 0.25) is 5.28 Å². The van der Waals surface area contributed by atoms with Crippen molar-refractivity contribution in [3.8, 4) is 0 Å². The second-order valence-corrected chi connectivity index (χ2v) is 8.83. The molecule has 0 bridgehead atoms. The second-order valence-electron chi connectivity index (χ2n) is 7.64. The van der Waals surface area contributed by atoms with Crippen LogP contribution in [0.3, 0.4) is 0 Å². The van der Waals surface area contributed by atoms with Gasteiger partial charge in [0, 0.05) is 12.7 Å². The minimum atomic E-state index is 0.286. The van der Waals surface area contributed by atoms with E-state index in [4.69, 9.17) is 17.3 Å². The molecule has 0 saturated heterocycles. The van der Waals surface area contributed by atoms with Crippen molar-refractivity contribution < 1.29 is 0 Å². The molecular weight excluding hydrogens is 412 g/mol. The second kappa shape index (κ2) is 12.9. The summed E-state index contributed by atoms with van der Waals surface area (Å²) in [4.78, 5) is 8.06. The molecule has 1 aromatic heterocycles. The summed E-state index contributed by atoms with van der Waals surface area (Å²) in [6, 6.07) is 0. The van der Waals surface area contributed by atoms with Gasteiger partial charge in [-0.2, -0.15) is 4.98 Å². The van der Waals surface area contributed by atoms with Gasteiger partial charge in [-0.25, -0.2) is 4.98 Å². The van der Waals surface area contributed by atoms with Crippen molar-refractivity contribution in [1.29, 1.82) is 0 Å². The standard InChI is InChI=1S/C12H17BrClN3.C8H17N/c13-10-8-16-12(14)17-11(10)15-7-6-9-4-2-1-3-5-9;9-7-6-8-4-2-1-3-5-8/h8-9H,1-7H2,(H,15,16,17);8H,1-7,9H2. The molecular formula is C20H34BrClN4. The fourth-order valence-electron chi connectivity index (χ4n) is 4.05. The quantitative estimate of drug-likeness (QED) is 0.512. The van der Waals surface area contributed by atoms with Crippen LogP contribution in [0.5, 0.6) is 0 Å². The molecule has 0 atom stereocenters. The van der Waals surface area contributed by atoms with Crippen LogP contribution < -0.4 is 11.1 Å². The van der Waals surface area contributed by atoms with Crippen molar-refractivity contribution >= 4 is 33.3 Å². The number of aromatic nitrogens is 2. The zero-order valence-corrected chi connectivity index (χ0v) is 18.2. The largest absolute Gasteiger partial charge is 0.369 e. The monoisotopic (exact) mass is 444 g/mol. The highest BCUT2D eigenvalue weighted by atomic mass is 79.9. The first-order valence-electron chi connectivity index (χ1n) is 10.3. The van der Waals surface area contributed by atoms with Gasteiger partial charge >= 0.3 is 0 Å². The Kier molecular flexibility index (Phi) is 10.9. The maximum absolute atomic E-state index is 5.76. The first kappa shape index (κ1) is 21.9. The van der Waals surface area contributed by atoms with Gasteiger partial charge in [0.05, 0.1) is 4.47 Å². The third-order valence-corrected chi connectivity index (χ3v) is 6.35. The van der Waals surface area contributed by atoms with Gasteiger partial charge in [-0.15, -0.1) is 0 Å². The summed E-state index contributed by atoms with van der Waals surface area (Å²) < 4.78 is 0.866. The zero-order valence-electron chi connectivity index (χ0n) is 15.9. The third-order valence-electron chi connectivity index (χ3n) is 5.58. The number of anilines is 1. The Morgan fingerprint density at radius 2 is 1.58 bits per heavy atom. The van der Waals surface area contributed by atoms with Crippen molar-refractivity contribution in [3.63, 3.8) is 0 Å². The fourth-order valence-corrected chi connectivity index (χ4v) is 4.52. The van der Waals surface area contributed by atoms with Crippen LogP contribution in [0.25, 0.3) is 0 Å². The van der Waals surface area contributed by atoms with E-state index >= 15 is 0 Å². The molecule has 1 heterocycles. The molecule has 2 aliphatic carbocycles. The van der Waals surface area contributed by atoms with Crippen LogP contribution in [0.4, 0.5) is 5.82 Å². The van der Waals surface area contributed by atoms with Crippen LogP contribution in [-0.4, -0.2) is 23.1 Å². The average molecular weight is 446 g/mol. The Labute approximate surface area is 172 Å². The predicted octanol–water partition coefficient (Wildman–Crippen LogP) is 6.19. The number of nitrogens with two attached hydrogens (primary N) is 1. The lowest BCUT2D eigenvalue weighted by Gasteiger charge is -2.21. The molecule has 0 unspecified atom stereocenters. The van der Waals surface area contributed by atoms with E-state index in [1.54, 1.807) is 6.20 Å². The van der Waals surface area contributed by atoms with Gasteiger partial charge in [-0.3, -0.25) is 0 Å². The SMILES string of the molecule is Clc1ncc(Br)c(NCCC2CCCCC2)n1.NCCC1CCCCC1. The lowest BCUT2D eigenvalue weighted by atomic mass is 9.87. The van der Waals surface area contributed by atoms with Crippen molar-refractivity contribution in [1.82, 2.24) is 9.97 Å². The van der Waals surface area contributed by atoms with Gasteiger partial charge in [0.15, 0.2) is 0 Å². The molecule has 0 aromatic carbocycles. The summed E-state index contributed by atoms with van der Waals surface area (Å²) in [5.41, 5.74) is 5.46. The maximum Gasteiger partial charge on any atom is 0.224 e. The molecule has 0 radical (unpaired) electrons. The van der Waals surface area contributed by atoms with E-state index in [2.05, 4.69) is 31.2 Å². The molecule has 2 saturated carbocycles. The van der Waals surface area contributed by atoms with Crippen LogP contribution in [0.2, 0.25) is 5.28 Å². The summed E-state index contributed by atoms with van der Waals surface area (Å²) in [7, 11) is 0. The molecule has 2 aliphatic rings. The number of nitrogens with one attached hydrogen (secondary N) is 1. The Hall–Kier alpha value is -0.390. The predicted molar refractivity (Wildman–Crippen MR) is 115 cm³/mol. The Morgan fingerprint density at radius 1 is 1.00 bits per heavy atom. The number of hydrogen-bond acceptors (Lipinski definition) is 4. The molecule has 1 aromatic rings. The van der Waals surface area contributed by atoms with Crippen LogP contribution in [-0.2, 0) is 0 Å². The Balaban J connectivity index is 0.000000228. The van der Waals surface area contributed by atoms with Crippen LogP contribution >= 0.6 is 27.5 Å². The third kappa shape index (κ3) is 8.53. The molecule has 2 fully saturated rings. The summed E-state index contributed by atoms with van der Waals surface area (Å²) >= 11 is 9.17. The zero-order chi connectivity index (χ0) is 18.6. The number of hydrogen-bond donors (Lipinski definition) is 2. The number of nitrogens with zero attached hydrogens (tertiary/aromatic N) is 2. The van der Waals surface area contributed by atoms with E-state index in [0.29, 0.717) is 0 Å². The number of halogens is 2. The average Bonchev–Trinajstić information content (AvgIpc) is 2.67. The van der Waals surface area contributed by atoms with Gasteiger partial charge in [0.1, 0.15) is 5.82 Å². The minimum Gasteiger partial charge on any atom is -0.369 e. The van der Waals surface area contributed by atoms with Crippen LogP contribution in [0, 0.1) is 11.8 Å². The van der Waals surface area contributed by atoms with E-state index in [0.717, 1.165) is 35.2 Å². The highest BCUT2D eigenvalue weighted by Gasteiger charge is 2.13. The molecule has 26 heavy (non-hydrogen) atoms. The maximum atomic E-state index is 5.76. The minimum absolute atomic E-state index is 0.286. The van der Waals surface area contributed by atoms with Crippen LogP contribution in [0.1, 0.15) is 77.0 Å². The van der Waals surface area contributed by atoms with Crippen molar-refractivity contribution in [2.45, 2.75) is 77.0 Å². The highest BCUT2D eigenvalue weighted by Crippen LogP contribution is 2.27. The van der Waals surface area contributed by atoms with E-state index < -0.39 is 0 Å². The van der Waals surface area contributed by atoms with Crippen molar-refractivity contribution in [2.75, 3.05) is 18.4 Å². The Bertz CT molecular complexity index is 500. The van der Waals surface area contributed by atoms with Gasteiger partial charge in [0.25, 0.3) is 0 Å². The summed E-state index contributed by atoms with van der Waals surface area (Å²) in [5, 5.41) is 3.60. The smallest absolute Gasteiger partial charge is 0.224 e. The molecule has 6 heteroatoms. The fraction of sp³-hybridized carbons (Fsp3) is 0.800. The van der Waals surface area contributed by atoms with Crippen molar-refractivity contribution in [2.24, 2.45) is 17.6 Å². The van der Waals surface area contributed by atoms with Gasteiger partial charge in [-0.1, -0.05) is 64.2 Å². The summed E-state index contributed by atoms with van der Waals surface area (Å²) in [6.07, 6.45) is 18.4. The van der Waals surface area contributed by atoms with E-state index in [9.17, 15) is 0 Å². The normalized spacial score (nSPS) is 18.9. The molecule has 0 amide bonds. The topological polar surface area (TPSA) is 63.8 Å². The van der Waals surface area contributed by atoms with E-state index in [1.165, 1.54) is 77.0 Å². The molecule has 0 aliphatic heterocycles. The van der Waals surface area contributed by atoms with Crippen molar-refractivity contribution in [3.05, 3.63) is 16.0 Å².